The van der Waals surface area contributed by atoms with Crippen LogP contribution in [-0.2, 0) is 56.0 Å². The Kier molecular flexibility index (Phi) is 26.4. The largest absolute Gasteiger partial charge is 0.480 e. The summed E-state index contributed by atoms with van der Waals surface area (Å²) in [6, 6.07) is 16.9. The summed E-state index contributed by atoms with van der Waals surface area (Å²) in [4.78, 5) is 136. The highest BCUT2D eigenvalue weighted by Crippen LogP contribution is 2.26. The molecule has 456 valence electrons. The van der Waals surface area contributed by atoms with Crippen LogP contribution in [0, 0.1) is 29.6 Å². The van der Waals surface area contributed by atoms with Gasteiger partial charge in [-0.1, -0.05) is 173 Å². The summed E-state index contributed by atoms with van der Waals surface area (Å²) in [6.07, 6.45) is 0.817. The van der Waals surface area contributed by atoms with Crippen LogP contribution < -0.4 is 16.0 Å². The van der Waals surface area contributed by atoms with Crippen molar-refractivity contribution in [2.24, 2.45) is 29.6 Å². The second-order valence-electron chi connectivity index (χ2n) is 23.8. The van der Waals surface area contributed by atoms with Crippen molar-refractivity contribution in [1.82, 2.24) is 40.4 Å². The molecule has 1 aliphatic rings. The Balaban J connectivity index is 1.64. The molecule has 0 bridgehead atoms. The number of likely N-dealkylation sites (tertiary alicyclic amines) is 1. The number of aliphatic hydroxyl groups excluding tert-OH is 1. The van der Waals surface area contributed by atoms with Gasteiger partial charge in [0.25, 0.3) is 0 Å². The van der Waals surface area contributed by atoms with E-state index < -0.39 is 114 Å². The van der Waals surface area contributed by atoms with Gasteiger partial charge in [0, 0.05) is 54.0 Å². The standard InChI is InChI=1S/C64H94N8O11/c1-15-42(9)36-51(73)69(12)53(40(5)6)58(76)66-48(37-44-27-20-17-21-28-44)60(78)68(11)50(38-45-29-22-18-23-30-45)62(80)72-34-26-33-49(72)57(75)67-52(43(10)16-2)63(81)70(13)54(41(7)8)59(77)65-47(35-39(3)4)61(79)71(14)55(64(82)83)56(74)46-31-24-19-25-32-46/h17-25,27-32,39-43,47-50,52-56,74H,15-16,26,33-38H2,1-14H3,(H,65,77)(H,66,76)(H,67,75)(H,82,83)/t42?,43-,47-,48-,49-,50-,52-,53-,54-,55-,56?/m0/s1. The van der Waals surface area contributed by atoms with Crippen molar-refractivity contribution >= 4 is 53.2 Å². The van der Waals surface area contributed by atoms with E-state index in [1.54, 1.807) is 58.2 Å². The van der Waals surface area contributed by atoms with Crippen molar-refractivity contribution in [2.45, 2.75) is 175 Å². The molecule has 5 N–H and O–H groups in total. The summed E-state index contributed by atoms with van der Waals surface area (Å²) in [5, 5.41) is 30.2. The Bertz CT molecular complexity index is 2640. The molecule has 3 aromatic carbocycles. The number of aliphatic carboxylic acids is 1. The second kappa shape index (κ2) is 32.1. The number of benzene rings is 3. The molecule has 1 aliphatic heterocycles. The molecule has 1 heterocycles. The summed E-state index contributed by atoms with van der Waals surface area (Å²) in [5.74, 6) is -7.22. The molecule has 11 atom stereocenters. The molecule has 0 spiro atoms. The first-order valence-corrected chi connectivity index (χ1v) is 29.5. The number of nitrogens with zero attached hydrogens (tertiary/aromatic N) is 5. The summed E-state index contributed by atoms with van der Waals surface area (Å²) in [6.45, 7) is 18.6. The predicted molar refractivity (Wildman–Crippen MR) is 319 cm³/mol. The SMILES string of the molecule is CCC(C)CC(=O)N(C)[C@H](C(=O)N[C@@H](Cc1ccccc1)C(=O)N(C)[C@@H](Cc1ccccc1)C(=O)N1CCC[C@H]1C(=O)N[C@H](C(=O)N(C)[C@H](C(=O)N[C@@H](CC(C)C)C(=O)N(C)[C@H](C(=O)O)C(O)c1ccccc1)C(C)C)[C@@H](C)CC)C(C)C. The van der Waals surface area contributed by atoms with Gasteiger partial charge in [-0.25, -0.2) is 4.79 Å². The summed E-state index contributed by atoms with van der Waals surface area (Å²) < 4.78 is 0. The lowest BCUT2D eigenvalue weighted by Crippen LogP contribution is -2.62. The maximum Gasteiger partial charge on any atom is 0.329 e. The number of amides is 8. The molecule has 83 heavy (non-hydrogen) atoms. The van der Waals surface area contributed by atoms with Gasteiger partial charge in [-0.05, 0) is 65.5 Å². The maximum absolute atomic E-state index is 15.3. The topological polar surface area (TPSA) is 246 Å². The summed E-state index contributed by atoms with van der Waals surface area (Å²) >= 11 is 0. The van der Waals surface area contributed by atoms with Crippen molar-refractivity contribution in [1.29, 1.82) is 0 Å². The minimum atomic E-state index is -1.70. The van der Waals surface area contributed by atoms with Crippen molar-refractivity contribution < 1.29 is 53.4 Å². The Morgan fingerprint density at radius 3 is 1.57 bits per heavy atom. The van der Waals surface area contributed by atoms with Gasteiger partial charge in [-0.15, -0.1) is 0 Å². The molecule has 1 fully saturated rings. The predicted octanol–water partition coefficient (Wildman–Crippen LogP) is 5.88. The normalized spacial score (nSPS) is 16.9. The Morgan fingerprint density at radius 2 is 1.07 bits per heavy atom. The fourth-order valence-electron chi connectivity index (χ4n) is 11.0. The van der Waals surface area contributed by atoms with E-state index in [4.69, 9.17) is 0 Å². The van der Waals surface area contributed by atoms with Gasteiger partial charge in [-0.2, -0.15) is 0 Å². The lowest BCUT2D eigenvalue weighted by atomic mass is 9.94. The van der Waals surface area contributed by atoms with Gasteiger partial charge < -0.3 is 50.7 Å². The fraction of sp³-hybridized carbons (Fsp3) is 0.578. The third kappa shape index (κ3) is 18.4. The Labute approximate surface area is 492 Å². The first-order chi connectivity index (χ1) is 39.2. The molecule has 19 nitrogen and oxygen atoms in total. The van der Waals surface area contributed by atoms with Crippen LogP contribution in [0.3, 0.4) is 0 Å². The zero-order chi connectivity index (χ0) is 62.0. The molecule has 0 aliphatic carbocycles. The quantitative estimate of drug-likeness (QED) is 0.0527. The number of carbonyl (C=O) groups excluding carboxylic acids is 8. The van der Waals surface area contributed by atoms with Crippen LogP contribution in [0.5, 0.6) is 0 Å². The zero-order valence-corrected chi connectivity index (χ0v) is 51.4. The third-order valence-corrected chi connectivity index (χ3v) is 16.3. The van der Waals surface area contributed by atoms with Crippen molar-refractivity contribution in [2.75, 3.05) is 34.7 Å². The summed E-state index contributed by atoms with van der Waals surface area (Å²) in [7, 11) is 5.83. The van der Waals surface area contributed by atoms with Crippen LogP contribution in [-0.4, -0.2) is 171 Å². The molecular weight excluding hydrogens is 1060 g/mol. The first kappa shape index (κ1) is 68.3. The van der Waals surface area contributed by atoms with Crippen LogP contribution in [0.1, 0.15) is 131 Å². The highest BCUT2D eigenvalue weighted by Gasteiger charge is 2.45. The van der Waals surface area contributed by atoms with Gasteiger partial charge in [0.2, 0.25) is 47.3 Å². The Hall–Kier alpha value is -7.15. The lowest BCUT2D eigenvalue weighted by Gasteiger charge is -2.38. The maximum atomic E-state index is 15.3. The number of aliphatic hydroxyl groups is 1. The minimum Gasteiger partial charge on any atom is -0.480 e. The van der Waals surface area contributed by atoms with Crippen LogP contribution >= 0.6 is 0 Å². The molecule has 3 aromatic rings. The van der Waals surface area contributed by atoms with Gasteiger partial charge in [0.05, 0.1) is 0 Å². The van der Waals surface area contributed by atoms with Gasteiger partial charge in [0.1, 0.15) is 48.4 Å². The number of rotatable bonds is 30. The van der Waals surface area contributed by atoms with E-state index in [0.29, 0.717) is 12.8 Å². The van der Waals surface area contributed by atoms with E-state index in [9.17, 15) is 43.8 Å². The minimum absolute atomic E-state index is 0.0628. The highest BCUT2D eigenvalue weighted by atomic mass is 16.4. The molecule has 0 aromatic heterocycles. The molecule has 19 heteroatoms. The average molecular weight is 1150 g/mol. The lowest BCUT2D eigenvalue weighted by molar-refractivity contribution is -0.155. The number of carbonyl (C=O) groups is 9. The Morgan fingerprint density at radius 1 is 0.590 bits per heavy atom. The molecule has 0 radical (unpaired) electrons. The van der Waals surface area contributed by atoms with E-state index in [1.165, 1.54) is 40.7 Å². The average Bonchev–Trinajstić information content (AvgIpc) is 4.13. The third-order valence-electron chi connectivity index (χ3n) is 16.3. The molecule has 2 unspecified atom stereocenters. The first-order valence-electron chi connectivity index (χ1n) is 29.5. The second-order valence-corrected chi connectivity index (χ2v) is 23.8. The van der Waals surface area contributed by atoms with Crippen molar-refractivity contribution in [3.05, 3.63) is 108 Å². The van der Waals surface area contributed by atoms with E-state index >= 15 is 9.59 Å². The van der Waals surface area contributed by atoms with E-state index in [-0.39, 0.29) is 67.9 Å². The number of carboxylic acid groups (broad SMARTS) is 1. The molecule has 1 saturated heterocycles. The molecular formula is C64H94N8O11. The molecule has 0 saturated carbocycles. The number of likely N-dealkylation sites (N-methyl/N-ethyl adjacent to an activating group) is 4. The number of hydrogen-bond acceptors (Lipinski definition) is 10. The molecule has 8 amide bonds. The zero-order valence-electron chi connectivity index (χ0n) is 51.4. The van der Waals surface area contributed by atoms with Crippen LogP contribution in [0.2, 0.25) is 0 Å². The number of hydrogen-bond donors (Lipinski definition) is 5. The van der Waals surface area contributed by atoms with Crippen molar-refractivity contribution in [3.8, 4) is 0 Å². The number of nitrogens with one attached hydrogen (secondary N) is 3. The molecule has 4 rings (SSSR count). The van der Waals surface area contributed by atoms with Gasteiger partial charge in [0.15, 0.2) is 6.04 Å². The fourth-order valence-corrected chi connectivity index (χ4v) is 11.0. The van der Waals surface area contributed by atoms with Crippen LogP contribution in [0.4, 0.5) is 0 Å². The van der Waals surface area contributed by atoms with E-state index in [2.05, 4.69) is 16.0 Å². The van der Waals surface area contributed by atoms with E-state index in [1.807, 2.05) is 109 Å². The smallest absolute Gasteiger partial charge is 0.329 e. The number of carboxylic acids is 1. The monoisotopic (exact) mass is 1150 g/mol. The van der Waals surface area contributed by atoms with Gasteiger partial charge in [-0.3, -0.25) is 38.4 Å². The highest BCUT2D eigenvalue weighted by molar-refractivity contribution is 5.98. The van der Waals surface area contributed by atoms with Crippen molar-refractivity contribution in [3.63, 3.8) is 0 Å². The summed E-state index contributed by atoms with van der Waals surface area (Å²) in [5.41, 5.74) is 1.77. The van der Waals surface area contributed by atoms with Crippen LogP contribution in [0.15, 0.2) is 91.0 Å². The van der Waals surface area contributed by atoms with E-state index in [0.717, 1.165) is 22.4 Å². The van der Waals surface area contributed by atoms with Gasteiger partial charge >= 0.3 is 5.97 Å². The van der Waals surface area contributed by atoms with Crippen LogP contribution in [0.25, 0.3) is 0 Å².